The molecule has 0 N–H and O–H groups in total. The van der Waals surface area contributed by atoms with Crippen molar-refractivity contribution in [2.24, 2.45) is 0 Å². The molecule has 0 saturated carbocycles. The van der Waals surface area contributed by atoms with Gasteiger partial charge < -0.3 is 9.13 Å². The molecule has 0 radical (unpaired) electrons. The van der Waals surface area contributed by atoms with Crippen molar-refractivity contribution < 1.29 is 0 Å². The Morgan fingerprint density at radius 3 is 1.25 bits per heavy atom. The van der Waals surface area contributed by atoms with E-state index in [9.17, 15) is 0 Å². The molecule has 0 fully saturated rings. The Morgan fingerprint density at radius 1 is 0.221 bits per heavy atom. The number of hydrogen-bond donors (Lipinski definition) is 0. The van der Waals surface area contributed by atoms with Crippen LogP contribution < -0.4 is 0 Å². The number of rotatable bonds is 8. The Bertz CT molecular complexity index is 3870. The summed E-state index contributed by atoms with van der Waals surface area (Å²) in [6.45, 7) is 0. The molecule has 13 rings (SSSR count). The van der Waals surface area contributed by atoms with Crippen molar-refractivity contribution in [3.05, 3.63) is 255 Å². The van der Waals surface area contributed by atoms with Crippen LogP contribution in [0.25, 0.3) is 122 Å². The van der Waals surface area contributed by atoms with Crippen LogP contribution in [0, 0.1) is 0 Å². The van der Waals surface area contributed by atoms with Gasteiger partial charge in [-0.1, -0.05) is 188 Å². The Kier molecular flexibility index (Phi) is 9.47. The Morgan fingerprint density at radius 2 is 0.647 bits per heavy atom. The molecular formula is C64H42N4. The zero-order chi connectivity index (χ0) is 45.0. The van der Waals surface area contributed by atoms with Crippen molar-refractivity contribution in [3.8, 4) is 78.7 Å². The maximum Gasteiger partial charge on any atom is 0.160 e. The van der Waals surface area contributed by atoms with Crippen molar-refractivity contribution in [2.45, 2.75) is 0 Å². The maximum absolute atomic E-state index is 5.10. The summed E-state index contributed by atoms with van der Waals surface area (Å²) in [7, 11) is 0. The van der Waals surface area contributed by atoms with E-state index in [1.807, 2.05) is 24.3 Å². The van der Waals surface area contributed by atoms with Gasteiger partial charge in [0, 0.05) is 49.6 Å². The van der Waals surface area contributed by atoms with Gasteiger partial charge in [0.15, 0.2) is 5.82 Å². The third kappa shape index (κ3) is 6.86. The molecule has 318 valence electrons. The second-order valence-electron chi connectivity index (χ2n) is 17.4. The third-order valence-electron chi connectivity index (χ3n) is 13.3. The highest BCUT2D eigenvalue weighted by atomic mass is 15.0. The van der Waals surface area contributed by atoms with E-state index in [4.69, 9.17) is 9.97 Å². The minimum absolute atomic E-state index is 0.708. The fourth-order valence-corrected chi connectivity index (χ4v) is 10.0. The highest BCUT2D eigenvalue weighted by molar-refractivity contribution is 6.12. The molecule has 4 nitrogen and oxygen atoms in total. The Balaban J connectivity index is 0.923. The predicted molar refractivity (Wildman–Crippen MR) is 283 cm³/mol. The summed E-state index contributed by atoms with van der Waals surface area (Å²) in [5, 5.41) is 4.89. The van der Waals surface area contributed by atoms with Gasteiger partial charge in [-0.15, -0.1) is 0 Å². The molecule has 0 aliphatic rings. The Hall–Kier alpha value is -9.12. The van der Waals surface area contributed by atoms with E-state index in [-0.39, 0.29) is 0 Å². The van der Waals surface area contributed by atoms with E-state index in [0.717, 1.165) is 50.5 Å². The molecule has 0 amide bonds. The highest BCUT2D eigenvalue weighted by Crippen LogP contribution is 2.40. The van der Waals surface area contributed by atoms with Crippen LogP contribution in [0.1, 0.15) is 0 Å². The largest absolute Gasteiger partial charge is 0.309 e. The normalized spacial score (nSPS) is 11.5. The fraction of sp³-hybridized carbons (Fsp3) is 0. The summed E-state index contributed by atoms with van der Waals surface area (Å²) < 4.78 is 4.83. The van der Waals surface area contributed by atoms with Crippen LogP contribution in [-0.2, 0) is 0 Å². The third-order valence-corrected chi connectivity index (χ3v) is 13.3. The first-order valence-electron chi connectivity index (χ1n) is 23.1. The van der Waals surface area contributed by atoms with Crippen molar-refractivity contribution >= 4 is 43.6 Å². The van der Waals surface area contributed by atoms with E-state index in [1.54, 1.807) is 0 Å². The van der Waals surface area contributed by atoms with Crippen molar-refractivity contribution in [3.63, 3.8) is 0 Å². The first-order valence-corrected chi connectivity index (χ1v) is 23.1. The van der Waals surface area contributed by atoms with Crippen LogP contribution in [0.3, 0.4) is 0 Å². The van der Waals surface area contributed by atoms with Crippen molar-refractivity contribution in [1.82, 2.24) is 19.1 Å². The number of aromatic nitrogens is 4. The molecule has 0 aliphatic heterocycles. The van der Waals surface area contributed by atoms with Crippen LogP contribution in [0.15, 0.2) is 255 Å². The lowest BCUT2D eigenvalue weighted by atomic mass is 9.98. The van der Waals surface area contributed by atoms with E-state index in [1.165, 1.54) is 66.0 Å². The molecular weight excluding hydrogens is 825 g/mol. The summed E-state index contributed by atoms with van der Waals surface area (Å²) >= 11 is 0. The summed E-state index contributed by atoms with van der Waals surface area (Å²) in [6.07, 6.45) is 0. The van der Waals surface area contributed by atoms with Crippen LogP contribution in [-0.4, -0.2) is 19.1 Å². The standard InChI is InChI=1S/C64H42N4/c1-5-17-43(18-6-1)50-37-51(44-19-7-2-8-20-44)39-53(38-50)68-60-27-15-13-25-54(60)56-35-31-49(41-63(56)68)48-32-36-62-57(40-48)55-26-14-16-28-61(55)67(62)52-33-29-46(30-34-52)59-42-58(45-21-9-3-10-22-45)65-64(66-59)47-23-11-4-12-24-47/h1-42H. The number of nitrogens with zero attached hydrogens (tertiary/aromatic N) is 4. The molecule has 0 atom stereocenters. The molecule has 0 saturated heterocycles. The lowest BCUT2D eigenvalue weighted by molar-refractivity contribution is 1.17. The molecule has 3 aromatic heterocycles. The predicted octanol–water partition coefficient (Wildman–Crippen LogP) is 16.7. The topological polar surface area (TPSA) is 35.6 Å². The van der Waals surface area contributed by atoms with Crippen LogP contribution in [0.5, 0.6) is 0 Å². The van der Waals surface area contributed by atoms with Gasteiger partial charge in [0.05, 0.1) is 33.5 Å². The molecule has 3 heterocycles. The average Bonchev–Trinajstić information content (AvgIpc) is 3.94. The Labute approximate surface area is 394 Å². The van der Waals surface area contributed by atoms with Gasteiger partial charge >= 0.3 is 0 Å². The van der Waals surface area contributed by atoms with E-state index in [0.29, 0.717) is 5.82 Å². The first kappa shape index (κ1) is 39.3. The van der Waals surface area contributed by atoms with Crippen LogP contribution in [0.4, 0.5) is 0 Å². The molecule has 0 bridgehead atoms. The summed E-state index contributed by atoms with van der Waals surface area (Å²) in [5.74, 6) is 0.708. The average molecular weight is 867 g/mol. The monoisotopic (exact) mass is 866 g/mol. The molecule has 13 aromatic rings. The maximum atomic E-state index is 5.10. The quantitative estimate of drug-likeness (QED) is 0.153. The zero-order valence-electron chi connectivity index (χ0n) is 37.0. The molecule has 0 unspecified atom stereocenters. The highest BCUT2D eigenvalue weighted by Gasteiger charge is 2.18. The molecule has 4 heteroatoms. The second-order valence-corrected chi connectivity index (χ2v) is 17.4. The van der Waals surface area contributed by atoms with E-state index in [2.05, 4.69) is 240 Å². The van der Waals surface area contributed by atoms with Crippen molar-refractivity contribution in [2.75, 3.05) is 0 Å². The van der Waals surface area contributed by atoms with Gasteiger partial charge in [0.1, 0.15) is 0 Å². The van der Waals surface area contributed by atoms with E-state index < -0.39 is 0 Å². The SMILES string of the molecule is c1ccc(-c2cc(-c3ccccc3)cc(-n3c4ccccc4c4ccc(-c5ccc6c(c5)c5ccccc5n6-c5ccc(-c6cc(-c7ccccc7)nc(-c7ccccc7)n6)cc5)cc43)c2)cc1. The van der Waals surface area contributed by atoms with Gasteiger partial charge in [-0.25, -0.2) is 9.97 Å². The first-order chi connectivity index (χ1) is 33.7. The van der Waals surface area contributed by atoms with Gasteiger partial charge in [-0.05, 0) is 100 Å². The zero-order valence-corrected chi connectivity index (χ0v) is 37.0. The molecule has 0 spiro atoms. The number of para-hydroxylation sites is 2. The van der Waals surface area contributed by atoms with Crippen LogP contribution >= 0.6 is 0 Å². The van der Waals surface area contributed by atoms with Crippen molar-refractivity contribution in [1.29, 1.82) is 0 Å². The summed E-state index contributed by atoms with van der Waals surface area (Å²) in [5.41, 5.74) is 18.8. The van der Waals surface area contributed by atoms with Gasteiger partial charge in [0.25, 0.3) is 0 Å². The number of fused-ring (bicyclic) bond motifs is 6. The lowest BCUT2D eigenvalue weighted by Crippen LogP contribution is -1.97. The summed E-state index contributed by atoms with van der Waals surface area (Å²) in [4.78, 5) is 10.1. The molecule has 68 heavy (non-hydrogen) atoms. The molecule has 0 aliphatic carbocycles. The van der Waals surface area contributed by atoms with Gasteiger partial charge in [-0.3, -0.25) is 0 Å². The summed E-state index contributed by atoms with van der Waals surface area (Å²) in [6, 6.07) is 91.3. The minimum atomic E-state index is 0.708. The van der Waals surface area contributed by atoms with Gasteiger partial charge in [0.2, 0.25) is 0 Å². The minimum Gasteiger partial charge on any atom is -0.309 e. The fourth-order valence-electron chi connectivity index (χ4n) is 10.0. The smallest absolute Gasteiger partial charge is 0.160 e. The second kappa shape index (κ2) is 16.4. The number of hydrogen-bond acceptors (Lipinski definition) is 2. The lowest BCUT2D eigenvalue weighted by Gasteiger charge is -2.14. The molecule has 10 aromatic carbocycles. The number of benzene rings is 10. The van der Waals surface area contributed by atoms with Gasteiger partial charge in [-0.2, -0.15) is 0 Å². The van der Waals surface area contributed by atoms with E-state index >= 15 is 0 Å². The van der Waals surface area contributed by atoms with Crippen LogP contribution in [0.2, 0.25) is 0 Å².